The largest absolute Gasteiger partial charge is 0.428 e. The smallest absolute Gasteiger partial charge is 0.242 e. The molecule has 0 aromatic carbocycles. The Balaban J connectivity index is -0.000000203. The van der Waals surface area contributed by atoms with Crippen molar-refractivity contribution >= 4 is 36.4 Å². The predicted octanol–water partition coefficient (Wildman–Crippen LogP) is 0.754. The summed E-state index contributed by atoms with van der Waals surface area (Å²) in [5.41, 5.74) is 10.5. The number of hydrogen-bond donors (Lipinski definition) is 8. The van der Waals surface area contributed by atoms with Crippen molar-refractivity contribution in [3.63, 3.8) is 0 Å². The molecule has 0 spiro atoms. The first-order valence-corrected chi connectivity index (χ1v) is 12.5. The molecule has 0 bridgehead atoms. The Morgan fingerprint density at radius 3 is 1.84 bits per heavy atom. The third kappa shape index (κ3) is 43.4. The highest BCUT2D eigenvalue weighted by Gasteiger charge is 2.11. The van der Waals surface area contributed by atoms with Crippen LogP contribution in [-0.2, 0) is 23.9 Å². The molecule has 0 aromatic rings. The summed E-state index contributed by atoms with van der Waals surface area (Å²) < 4.78 is 4.50. The maximum absolute atomic E-state index is 11.0. The minimum atomic E-state index is -0.449. The molecule has 0 heterocycles. The third-order valence-corrected chi connectivity index (χ3v) is 3.86. The molecule has 2 atom stereocenters. The number of carbonyl (C=O) groups is 4. The van der Waals surface area contributed by atoms with Gasteiger partial charge in [-0.1, -0.05) is 19.8 Å². The Hall–Kier alpha value is -3.06. The topological polar surface area (TPSA) is 225 Å². The van der Waals surface area contributed by atoms with Crippen LogP contribution in [0.15, 0.2) is 0 Å². The molecule has 4 amide bonds. The Labute approximate surface area is 222 Å². The summed E-state index contributed by atoms with van der Waals surface area (Å²) in [6.07, 6.45) is 6.54. The van der Waals surface area contributed by atoms with Crippen molar-refractivity contribution in [2.45, 2.75) is 98.7 Å². The van der Waals surface area contributed by atoms with Crippen LogP contribution < -0.4 is 32.7 Å². The fourth-order valence-electron chi connectivity index (χ4n) is 2.16. The molecule has 0 aliphatic heterocycles. The molecule has 0 aromatic heterocycles. The van der Waals surface area contributed by atoms with E-state index in [1.807, 2.05) is 20.8 Å². The first-order chi connectivity index (χ1) is 17.3. The highest BCUT2D eigenvalue weighted by atomic mass is 16.5. The van der Waals surface area contributed by atoms with Crippen LogP contribution >= 0.6 is 0 Å². The zero-order chi connectivity index (χ0) is 29.6. The minimum absolute atomic E-state index is 0.0275. The lowest BCUT2D eigenvalue weighted by molar-refractivity contribution is -0.125. The summed E-state index contributed by atoms with van der Waals surface area (Å²) in [5.74, 6) is -0.311. The van der Waals surface area contributed by atoms with Gasteiger partial charge in [0.1, 0.15) is 6.04 Å². The van der Waals surface area contributed by atoms with E-state index in [1.54, 1.807) is 13.8 Å². The third-order valence-electron chi connectivity index (χ3n) is 3.86. The van der Waals surface area contributed by atoms with Gasteiger partial charge in [-0.2, -0.15) is 0 Å². The van der Waals surface area contributed by atoms with Crippen molar-refractivity contribution < 1.29 is 23.9 Å². The number of rotatable bonds is 14. The SMILES string of the molecule is CC(=N)OC(=N)CNC=O.CC(=O)NC(C)CCCCN.CC(C)NC(=O)[C@H](C)NC=O.CCCCN. The molecule has 0 saturated carbocycles. The number of nitrogens with two attached hydrogens (primary N) is 2. The maximum Gasteiger partial charge on any atom is 0.242 e. The number of nitrogens with one attached hydrogen (secondary N) is 6. The van der Waals surface area contributed by atoms with Crippen LogP contribution in [0.25, 0.3) is 0 Å². The van der Waals surface area contributed by atoms with E-state index in [2.05, 4.69) is 32.9 Å². The normalized spacial score (nSPS) is 10.8. The second-order valence-electron chi connectivity index (χ2n) is 8.28. The van der Waals surface area contributed by atoms with Crippen LogP contribution in [-0.4, -0.2) is 74.2 Å². The molecule has 13 heteroatoms. The summed E-state index contributed by atoms with van der Waals surface area (Å²) in [7, 11) is 0. The van der Waals surface area contributed by atoms with Gasteiger partial charge in [-0.3, -0.25) is 30.0 Å². The number of ether oxygens (including phenoxy) is 1. The van der Waals surface area contributed by atoms with Crippen molar-refractivity contribution in [2.75, 3.05) is 19.6 Å². The van der Waals surface area contributed by atoms with E-state index in [4.69, 9.17) is 22.3 Å². The molecule has 0 aliphatic rings. The molecule has 13 nitrogen and oxygen atoms in total. The monoisotopic (exact) mass is 532 g/mol. The Kier molecular flexibility index (Phi) is 34.4. The molecule has 1 unspecified atom stereocenters. The van der Waals surface area contributed by atoms with Gasteiger partial charge in [-0.25, -0.2) is 0 Å². The van der Waals surface area contributed by atoms with Crippen molar-refractivity contribution in [1.82, 2.24) is 21.3 Å². The van der Waals surface area contributed by atoms with Gasteiger partial charge >= 0.3 is 0 Å². The van der Waals surface area contributed by atoms with Crippen LogP contribution in [0.4, 0.5) is 0 Å². The van der Waals surface area contributed by atoms with Gasteiger partial charge in [0.2, 0.25) is 30.5 Å². The van der Waals surface area contributed by atoms with E-state index in [0.717, 1.165) is 32.4 Å². The summed E-state index contributed by atoms with van der Waals surface area (Å²) >= 11 is 0. The quantitative estimate of drug-likeness (QED) is 0.0692. The van der Waals surface area contributed by atoms with Gasteiger partial charge in [0.15, 0.2) is 5.90 Å². The fourth-order valence-corrected chi connectivity index (χ4v) is 2.16. The lowest BCUT2D eigenvalue weighted by Crippen LogP contribution is -2.44. The lowest BCUT2D eigenvalue weighted by atomic mass is 10.1. The summed E-state index contributed by atoms with van der Waals surface area (Å²) in [6.45, 7) is 14.1. The summed E-state index contributed by atoms with van der Waals surface area (Å²) in [6, 6.07) is -0.0487. The average molecular weight is 533 g/mol. The van der Waals surface area contributed by atoms with Crippen LogP contribution in [0.3, 0.4) is 0 Å². The van der Waals surface area contributed by atoms with Crippen LogP contribution in [0, 0.1) is 10.8 Å². The summed E-state index contributed by atoms with van der Waals surface area (Å²) in [5, 5.41) is 23.8. The van der Waals surface area contributed by atoms with E-state index in [1.165, 1.54) is 19.8 Å². The average Bonchev–Trinajstić information content (AvgIpc) is 2.78. The van der Waals surface area contributed by atoms with Crippen molar-refractivity contribution in [3.05, 3.63) is 0 Å². The van der Waals surface area contributed by atoms with Crippen LogP contribution in [0.2, 0.25) is 0 Å². The van der Waals surface area contributed by atoms with Gasteiger partial charge in [-0.05, 0) is 60.0 Å². The predicted molar refractivity (Wildman–Crippen MR) is 148 cm³/mol. The number of hydrogen-bond acceptors (Lipinski definition) is 9. The highest BCUT2D eigenvalue weighted by Crippen LogP contribution is 1.98. The van der Waals surface area contributed by atoms with Crippen LogP contribution in [0.1, 0.15) is 80.6 Å². The zero-order valence-electron chi connectivity index (χ0n) is 23.7. The highest BCUT2D eigenvalue weighted by molar-refractivity contribution is 5.88. The summed E-state index contributed by atoms with van der Waals surface area (Å²) in [4.78, 5) is 41.2. The minimum Gasteiger partial charge on any atom is -0.428 e. The molecule has 0 fully saturated rings. The lowest BCUT2D eigenvalue weighted by Gasteiger charge is -2.12. The molecule has 0 radical (unpaired) electrons. The number of unbranched alkanes of at least 4 members (excludes halogenated alkanes) is 2. The Morgan fingerprint density at radius 2 is 1.49 bits per heavy atom. The van der Waals surface area contributed by atoms with Gasteiger partial charge < -0.3 is 37.5 Å². The molecule has 37 heavy (non-hydrogen) atoms. The number of amides is 4. The molecule has 0 saturated heterocycles. The fraction of sp³-hybridized carbons (Fsp3) is 0.750. The van der Waals surface area contributed by atoms with E-state index >= 15 is 0 Å². The second-order valence-corrected chi connectivity index (χ2v) is 8.28. The molecular formula is C24H52N8O5. The van der Waals surface area contributed by atoms with E-state index < -0.39 is 6.04 Å². The van der Waals surface area contributed by atoms with Gasteiger partial charge in [0, 0.05) is 25.9 Å². The number of carbonyl (C=O) groups excluding carboxylic acids is 4. The van der Waals surface area contributed by atoms with E-state index in [9.17, 15) is 19.2 Å². The second kappa shape index (κ2) is 31.0. The Bertz CT molecular complexity index is 616. The van der Waals surface area contributed by atoms with Gasteiger partial charge in [0.05, 0.1) is 6.54 Å². The molecular weight excluding hydrogens is 480 g/mol. The van der Waals surface area contributed by atoms with Crippen LogP contribution in [0.5, 0.6) is 0 Å². The first-order valence-electron chi connectivity index (χ1n) is 12.5. The van der Waals surface area contributed by atoms with Gasteiger partial charge in [0.25, 0.3) is 0 Å². The van der Waals surface area contributed by atoms with Gasteiger partial charge in [-0.15, -0.1) is 0 Å². The van der Waals surface area contributed by atoms with Crippen molar-refractivity contribution in [2.24, 2.45) is 11.5 Å². The van der Waals surface area contributed by atoms with Crippen molar-refractivity contribution in [1.29, 1.82) is 10.8 Å². The molecule has 10 N–H and O–H groups in total. The molecule has 0 aliphatic carbocycles. The maximum atomic E-state index is 11.0. The van der Waals surface area contributed by atoms with Crippen molar-refractivity contribution in [3.8, 4) is 0 Å². The zero-order valence-corrected chi connectivity index (χ0v) is 23.7. The standard InChI is InChI=1S/C8H18N2O.C7H14N2O2.C5H9N3O2.C4H11N/c1-7(10-8(2)11)5-3-4-6-9;1-5(2)9-7(11)6(3)8-4-10;1-4(6)10-5(7)2-8-3-9;1-2-3-4-5/h7H,3-6,9H2,1-2H3,(H,10,11);4-6H,1-3H3,(H,8,10)(H,9,11);3,6-7H,2H2,1H3,(H,8,9);2-5H2,1H3/t;6-;;/m.0../s1. The first kappa shape index (κ1) is 41.1. The van der Waals surface area contributed by atoms with E-state index in [-0.39, 0.29) is 36.2 Å². The Morgan fingerprint density at radius 1 is 0.919 bits per heavy atom. The van der Waals surface area contributed by atoms with E-state index in [0.29, 0.717) is 18.9 Å². The molecule has 0 rings (SSSR count). The molecule has 218 valence electrons.